The van der Waals surface area contributed by atoms with Gasteiger partial charge in [-0.15, -0.1) is 0 Å². The van der Waals surface area contributed by atoms with E-state index in [1.807, 2.05) is 48.5 Å². The van der Waals surface area contributed by atoms with Crippen molar-refractivity contribution in [2.45, 2.75) is 0 Å². The van der Waals surface area contributed by atoms with E-state index in [-0.39, 0.29) is 12.5 Å². The van der Waals surface area contributed by atoms with Crippen LogP contribution in [0.5, 0.6) is 5.75 Å². The number of fused-ring (bicyclic) bond motifs is 4. The zero-order chi connectivity index (χ0) is 19.1. The number of para-hydroxylation sites is 2. The Morgan fingerprint density at radius 2 is 1.50 bits per heavy atom. The quantitative estimate of drug-likeness (QED) is 0.435. The molecule has 0 unspecified atom stereocenters. The minimum absolute atomic E-state index is 0.134. The zero-order valence-electron chi connectivity index (χ0n) is 14.8. The van der Waals surface area contributed by atoms with Crippen molar-refractivity contribution in [2.75, 3.05) is 6.61 Å². The van der Waals surface area contributed by atoms with E-state index >= 15 is 0 Å². The maximum atomic E-state index is 13.0. The number of nitrogens with zero attached hydrogens (tertiary/aromatic N) is 1. The summed E-state index contributed by atoms with van der Waals surface area (Å²) in [5.41, 5.74) is 1.70. The van der Waals surface area contributed by atoms with E-state index in [1.54, 1.807) is 28.8 Å². The van der Waals surface area contributed by atoms with Gasteiger partial charge in [-0.05, 0) is 30.3 Å². The molecule has 28 heavy (non-hydrogen) atoms. The molecule has 2 aromatic heterocycles. The topological polar surface area (TPSA) is 61.4 Å². The summed E-state index contributed by atoms with van der Waals surface area (Å²) in [4.78, 5) is 24.4. The number of rotatable bonds is 3. The molecule has 2 heterocycles. The van der Waals surface area contributed by atoms with Gasteiger partial charge in [-0.2, -0.15) is 0 Å². The highest BCUT2D eigenvalue weighted by atomic mass is 16.5. The summed E-state index contributed by atoms with van der Waals surface area (Å²) < 4.78 is 12.6. The van der Waals surface area contributed by atoms with Gasteiger partial charge in [0.05, 0.1) is 11.0 Å². The lowest BCUT2D eigenvalue weighted by Crippen LogP contribution is -2.19. The number of carbonyl (C=O) groups is 1. The zero-order valence-corrected chi connectivity index (χ0v) is 14.8. The average Bonchev–Trinajstić information content (AvgIpc) is 3.06. The van der Waals surface area contributed by atoms with Crippen LogP contribution >= 0.6 is 0 Å². The fourth-order valence-corrected chi connectivity index (χ4v) is 3.53. The van der Waals surface area contributed by atoms with Crippen LogP contribution in [-0.2, 0) is 0 Å². The van der Waals surface area contributed by atoms with Gasteiger partial charge < -0.3 is 9.15 Å². The largest absolute Gasteiger partial charge is 0.484 e. The first-order valence-electron chi connectivity index (χ1n) is 8.89. The van der Waals surface area contributed by atoms with E-state index in [9.17, 15) is 9.59 Å². The SMILES string of the molecule is O=C(COc1ccc2ccc(=O)oc2c1)n1c2ccccc2c2ccccc21. The van der Waals surface area contributed by atoms with E-state index in [4.69, 9.17) is 9.15 Å². The predicted molar refractivity (Wildman–Crippen MR) is 108 cm³/mol. The molecule has 0 bridgehead atoms. The highest BCUT2D eigenvalue weighted by molar-refractivity contribution is 6.13. The van der Waals surface area contributed by atoms with Crippen molar-refractivity contribution in [3.63, 3.8) is 0 Å². The molecule has 0 spiro atoms. The van der Waals surface area contributed by atoms with Gasteiger partial charge in [-0.1, -0.05) is 36.4 Å². The number of hydrogen-bond donors (Lipinski definition) is 0. The second kappa shape index (κ2) is 6.39. The molecule has 0 fully saturated rings. The molecule has 0 aliphatic heterocycles. The van der Waals surface area contributed by atoms with Gasteiger partial charge in [0, 0.05) is 28.3 Å². The first-order chi connectivity index (χ1) is 13.7. The lowest BCUT2D eigenvalue weighted by Gasteiger charge is -2.09. The monoisotopic (exact) mass is 369 g/mol. The molecule has 5 heteroatoms. The number of aromatic nitrogens is 1. The van der Waals surface area contributed by atoms with Crippen molar-refractivity contribution in [1.29, 1.82) is 0 Å². The first kappa shape index (κ1) is 16.3. The second-order valence-corrected chi connectivity index (χ2v) is 6.51. The molecule has 0 atom stereocenters. The van der Waals surface area contributed by atoms with Gasteiger partial charge in [-0.3, -0.25) is 9.36 Å². The Morgan fingerprint density at radius 1 is 0.857 bits per heavy atom. The van der Waals surface area contributed by atoms with Crippen LogP contribution in [0.1, 0.15) is 4.79 Å². The Kier molecular flexibility index (Phi) is 3.72. The van der Waals surface area contributed by atoms with Crippen molar-refractivity contribution >= 4 is 38.7 Å². The Bertz CT molecular complexity index is 1360. The minimum atomic E-state index is -0.425. The van der Waals surface area contributed by atoms with Crippen LogP contribution in [0.3, 0.4) is 0 Å². The van der Waals surface area contributed by atoms with Crippen LogP contribution < -0.4 is 10.4 Å². The number of ether oxygens (including phenoxy) is 1. The molecule has 136 valence electrons. The predicted octanol–water partition coefficient (Wildman–Crippen LogP) is 4.62. The molecule has 0 amide bonds. The van der Waals surface area contributed by atoms with Crippen LogP contribution in [0.15, 0.2) is 88.1 Å². The summed E-state index contributed by atoms with van der Waals surface area (Å²) in [6.45, 7) is -0.134. The van der Waals surface area contributed by atoms with E-state index in [0.717, 1.165) is 27.2 Å². The van der Waals surface area contributed by atoms with Crippen LogP contribution in [0.25, 0.3) is 32.8 Å². The Hall–Kier alpha value is -3.86. The Morgan fingerprint density at radius 3 is 2.21 bits per heavy atom. The van der Waals surface area contributed by atoms with E-state index < -0.39 is 5.63 Å². The number of hydrogen-bond acceptors (Lipinski definition) is 4. The smallest absolute Gasteiger partial charge is 0.336 e. The molecule has 0 radical (unpaired) electrons. The van der Waals surface area contributed by atoms with E-state index in [1.165, 1.54) is 6.07 Å². The molecule has 5 aromatic rings. The van der Waals surface area contributed by atoms with E-state index in [2.05, 4.69) is 0 Å². The van der Waals surface area contributed by atoms with Crippen LogP contribution in [0.4, 0.5) is 0 Å². The Labute approximate surface area is 159 Å². The van der Waals surface area contributed by atoms with Crippen molar-refractivity contribution in [2.24, 2.45) is 0 Å². The first-order valence-corrected chi connectivity index (χ1v) is 8.89. The highest BCUT2D eigenvalue weighted by Gasteiger charge is 2.16. The molecular weight excluding hydrogens is 354 g/mol. The lowest BCUT2D eigenvalue weighted by atomic mass is 10.2. The van der Waals surface area contributed by atoms with Gasteiger partial charge in [0.1, 0.15) is 11.3 Å². The van der Waals surface area contributed by atoms with Gasteiger partial charge in [0.15, 0.2) is 6.61 Å². The maximum absolute atomic E-state index is 13.0. The lowest BCUT2D eigenvalue weighted by molar-refractivity contribution is 0.0848. The molecule has 3 aromatic carbocycles. The third-order valence-corrected chi connectivity index (χ3v) is 4.79. The fourth-order valence-electron chi connectivity index (χ4n) is 3.53. The summed E-state index contributed by atoms with van der Waals surface area (Å²) in [7, 11) is 0. The maximum Gasteiger partial charge on any atom is 0.336 e. The molecular formula is C23H15NO4. The molecule has 0 aliphatic rings. The van der Waals surface area contributed by atoms with E-state index in [0.29, 0.717) is 11.3 Å². The molecule has 5 nitrogen and oxygen atoms in total. The summed E-state index contributed by atoms with van der Waals surface area (Å²) in [6, 6.07) is 23.8. The molecule has 0 saturated heterocycles. The molecule has 0 saturated carbocycles. The van der Waals surface area contributed by atoms with Crippen molar-refractivity contribution in [3.05, 3.63) is 89.3 Å². The molecule has 0 N–H and O–H groups in total. The van der Waals surface area contributed by atoms with Gasteiger partial charge >= 0.3 is 5.63 Å². The summed E-state index contributed by atoms with van der Waals surface area (Å²) in [5.74, 6) is 0.294. The number of benzene rings is 3. The second-order valence-electron chi connectivity index (χ2n) is 6.51. The average molecular weight is 369 g/mol. The normalized spacial score (nSPS) is 11.3. The van der Waals surface area contributed by atoms with Crippen molar-refractivity contribution < 1.29 is 13.9 Å². The third-order valence-electron chi connectivity index (χ3n) is 4.79. The van der Waals surface area contributed by atoms with Crippen molar-refractivity contribution in [1.82, 2.24) is 4.57 Å². The summed E-state index contributed by atoms with van der Waals surface area (Å²) >= 11 is 0. The minimum Gasteiger partial charge on any atom is -0.484 e. The van der Waals surface area contributed by atoms with Gasteiger partial charge in [0.2, 0.25) is 0 Å². The summed E-state index contributed by atoms with van der Waals surface area (Å²) in [5, 5.41) is 2.85. The third kappa shape index (κ3) is 2.65. The number of carbonyl (C=O) groups excluding carboxylic acids is 1. The van der Waals surface area contributed by atoms with Crippen LogP contribution in [0, 0.1) is 0 Å². The molecule has 0 aliphatic carbocycles. The van der Waals surface area contributed by atoms with Crippen molar-refractivity contribution in [3.8, 4) is 5.75 Å². The van der Waals surface area contributed by atoms with Gasteiger partial charge in [0.25, 0.3) is 5.91 Å². The Balaban J connectivity index is 1.50. The standard InChI is InChI=1S/C23H15NO4/c25-22(14-27-16-11-9-15-10-12-23(26)28-21(15)13-16)24-19-7-3-1-5-17(19)18-6-2-4-8-20(18)24/h1-13H,14H2. The fraction of sp³-hybridized carbons (Fsp3) is 0.0435. The van der Waals surface area contributed by atoms with Crippen LogP contribution in [-0.4, -0.2) is 17.1 Å². The molecule has 5 rings (SSSR count). The van der Waals surface area contributed by atoms with Crippen LogP contribution in [0.2, 0.25) is 0 Å². The summed E-state index contributed by atoms with van der Waals surface area (Å²) in [6.07, 6.45) is 0. The highest BCUT2D eigenvalue weighted by Crippen LogP contribution is 2.28. The van der Waals surface area contributed by atoms with Gasteiger partial charge in [-0.25, -0.2) is 4.79 Å².